The fourth-order valence-electron chi connectivity index (χ4n) is 2.79. The van der Waals surface area contributed by atoms with Crippen LogP contribution in [0.25, 0.3) is 0 Å². The Bertz CT molecular complexity index is 402. The molecule has 1 fully saturated rings. The van der Waals surface area contributed by atoms with E-state index >= 15 is 0 Å². The van der Waals surface area contributed by atoms with E-state index in [1.807, 2.05) is 20.9 Å². The average molecular weight is 296 g/mol. The van der Waals surface area contributed by atoms with Crippen molar-refractivity contribution in [2.24, 2.45) is 5.92 Å². The molecule has 2 heterocycles. The van der Waals surface area contributed by atoms with Crippen LogP contribution in [0.2, 0.25) is 0 Å². The Morgan fingerprint density at radius 3 is 2.86 bits per heavy atom. The lowest BCUT2D eigenvalue weighted by molar-refractivity contribution is 0.0683. The summed E-state index contributed by atoms with van der Waals surface area (Å²) in [7, 11) is 2.02. The zero-order chi connectivity index (χ0) is 15.1. The predicted molar refractivity (Wildman–Crippen MR) is 80.9 cm³/mol. The van der Waals surface area contributed by atoms with E-state index in [0.29, 0.717) is 18.3 Å². The lowest BCUT2D eigenvalue weighted by atomic mass is 9.93. The summed E-state index contributed by atoms with van der Waals surface area (Å²) in [6.07, 6.45) is 3.71. The minimum atomic E-state index is -0.0974. The number of hydrogen-bond acceptors (Lipinski definition) is 6. The molecular formula is C15H28N4O2. The molecule has 1 saturated heterocycles. The molecule has 6 heteroatoms. The smallest absolute Gasteiger partial charge is 0.240 e. The lowest BCUT2D eigenvalue weighted by Gasteiger charge is -2.30. The highest BCUT2D eigenvalue weighted by molar-refractivity contribution is 4.90. The summed E-state index contributed by atoms with van der Waals surface area (Å²) in [5.41, 5.74) is 0. The van der Waals surface area contributed by atoms with E-state index in [9.17, 15) is 0 Å². The maximum atomic E-state index is 5.48. The Morgan fingerprint density at radius 1 is 1.43 bits per heavy atom. The van der Waals surface area contributed by atoms with Gasteiger partial charge >= 0.3 is 0 Å². The maximum absolute atomic E-state index is 5.48. The van der Waals surface area contributed by atoms with Gasteiger partial charge in [0.2, 0.25) is 5.89 Å². The highest BCUT2D eigenvalue weighted by Crippen LogP contribution is 2.21. The third-order valence-corrected chi connectivity index (χ3v) is 4.13. The number of hydrogen-bond donors (Lipinski definition) is 1. The van der Waals surface area contributed by atoms with Crippen molar-refractivity contribution in [1.29, 1.82) is 0 Å². The number of rotatable bonds is 8. The van der Waals surface area contributed by atoms with Gasteiger partial charge in [-0.25, -0.2) is 0 Å². The van der Waals surface area contributed by atoms with E-state index < -0.39 is 0 Å². The van der Waals surface area contributed by atoms with E-state index in [1.165, 1.54) is 19.3 Å². The molecule has 2 rings (SSSR count). The molecule has 0 bridgehead atoms. The number of aromatic nitrogens is 2. The van der Waals surface area contributed by atoms with E-state index in [0.717, 1.165) is 32.1 Å². The summed E-state index contributed by atoms with van der Waals surface area (Å²) in [6.45, 7) is 8.68. The van der Waals surface area contributed by atoms with Crippen molar-refractivity contribution in [2.75, 3.05) is 33.3 Å². The van der Waals surface area contributed by atoms with Crippen LogP contribution in [0.1, 0.15) is 50.9 Å². The van der Waals surface area contributed by atoms with Crippen molar-refractivity contribution in [2.45, 2.75) is 45.8 Å². The quantitative estimate of drug-likeness (QED) is 0.791. The second-order valence-corrected chi connectivity index (χ2v) is 5.76. The first-order valence-electron chi connectivity index (χ1n) is 8.04. The maximum Gasteiger partial charge on any atom is 0.240 e. The van der Waals surface area contributed by atoms with E-state index in [2.05, 4.69) is 20.4 Å². The molecule has 0 aliphatic carbocycles. The number of ether oxygens (including phenoxy) is 1. The first kappa shape index (κ1) is 16.4. The Kier molecular flexibility index (Phi) is 6.60. The first-order valence-corrected chi connectivity index (χ1v) is 8.04. The van der Waals surface area contributed by atoms with Crippen LogP contribution in [0.4, 0.5) is 0 Å². The molecule has 1 aromatic rings. The molecular weight excluding hydrogens is 268 g/mol. The van der Waals surface area contributed by atoms with Crippen molar-refractivity contribution in [3.63, 3.8) is 0 Å². The van der Waals surface area contributed by atoms with Crippen LogP contribution < -0.4 is 5.32 Å². The Labute approximate surface area is 127 Å². The van der Waals surface area contributed by atoms with Crippen LogP contribution in [0.15, 0.2) is 4.52 Å². The minimum absolute atomic E-state index is 0.0974. The van der Waals surface area contributed by atoms with Gasteiger partial charge in [-0.05, 0) is 65.7 Å². The van der Waals surface area contributed by atoms with Gasteiger partial charge in [-0.15, -0.1) is 0 Å². The zero-order valence-electron chi connectivity index (χ0n) is 13.5. The van der Waals surface area contributed by atoms with Crippen molar-refractivity contribution >= 4 is 0 Å². The zero-order valence-corrected chi connectivity index (χ0v) is 13.5. The standard InChI is InChI=1S/C15H28N4O2/c1-4-20-12(2)15-17-14(21-18-15)11-19-9-6-13(7-10-19)5-8-16-3/h12-13,16H,4-11H2,1-3H3. The molecule has 0 spiro atoms. The highest BCUT2D eigenvalue weighted by Gasteiger charge is 2.21. The Morgan fingerprint density at radius 2 is 2.19 bits per heavy atom. The predicted octanol–water partition coefficient (Wildman–Crippen LogP) is 1.99. The van der Waals surface area contributed by atoms with Gasteiger partial charge in [0.05, 0.1) is 6.54 Å². The van der Waals surface area contributed by atoms with E-state index in [1.54, 1.807) is 0 Å². The summed E-state index contributed by atoms with van der Waals surface area (Å²) in [5, 5.41) is 7.24. The molecule has 1 aliphatic rings. The van der Waals surface area contributed by atoms with Gasteiger partial charge in [0, 0.05) is 6.61 Å². The molecule has 120 valence electrons. The molecule has 1 aliphatic heterocycles. The Balaban J connectivity index is 1.76. The van der Waals surface area contributed by atoms with Gasteiger partial charge in [0.1, 0.15) is 6.10 Å². The van der Waals surface area contributed by atoms with Crippen LogP contribution in [0.5, 0.6) is 0 Å². The molecule has 0 radical (unpaired) electrons. The topological polar surface area (TPSA) is 63.4 Å². The third-order valence-electron chi connectivity index (χ3n) is 4.13. The summed E-state index contributed by atoms with van der Waals surface area (Å²) < 4.78 is 10.8. The fraction of sp³-hybridized carbons (Fsp3) is 0.867. The van der Waals surface area contributed by atoms with Gasteiger partial charge in [-0.2, -0.15) is 4.98 Å². The summed E-state index contributed by atoms with van der Waals surface area (Å²) in [4.78, 5) is 6.84. The molecule has 0 aromatic carbocycles. The number of piperidine rings is 1. The van der Waals surface area contributed by atoms with Gasteiger partial charge in [-0.3, -0.25) is 4.90 Å². The van der Waals surface area contributed by atoms with E-state index in [-0.39, 0.29) is 6.10 Å². The number of nitrogens with one attached hydrogen (secondary N) is 1. The summed E-state index contributed by atoms with van der Waals surface area (Å²) in [5.74, 6) is 2.20. The molecule has 1 atom stereocenters. The van der Waals surface area contributed by atoms with E-state index in [4.69, 9.17) is 9.26 Å². The van der Waals surface area contributed by atoms with Crippen LogP contribution in [-0.2, 0) is 11.3 Å². The van der Waals surface area contributed by atoms with Crippen LogP contribution in [-0.4, -0.2) is 48.3 Å². The molecule has 1 N–H and O–H groups in total. The summed E-state index contributed by atoms with van der Waals surface area (Å²) >= 11 is 0. The largest absolute Gasteiger partial charge is 0.371 e. The lowest BCUT2D eigenvalue weighted by Crippen LogP contribution is -2.34. The van der Waals surface area contributed by atoms with Gasteiger partial charge in [0.25, 0.3) is 0 Å². The van der Waals surface area contributed by atoms with Crippen molar-refractivity contribution in [3.05, 3.63) is 11.7 Å². The highest BCUT2D eigenvalue weighted by atomic mass is 16.5. The minimum Gasteiger partial charge on any atom is -0.371 e. The second-order valence-electron chi connectivity index (χ2n) is 5.76. The van der Waals surface area contributed by atoms with Gasteiger partial charge in [0.15, 0.2) is 5.82 Å². The Hall–Kier alpha value is -0.980. The molecule has 6 nitrogen and oxygen atoms in total. The third kappa shape index (κ3) is 5.05. The monoisotopic (exact) mass is 296 g/mol. The number of nitrogens with zero attached hydrogens (tertiary/aromatic N) is 3. The molecule has 1 aromatic heterocycles. The van der Waals surface area contributed by atoms with Gasteiger partial charge in [-0.1, -0.05) is 5.16 Å². The molecule has 0 saturated carbocycles. The fourth-order valence-corrected chi connectivity index (χ4v) is 2.79. The number of likely N-dealkylation sites (tertiary alicyclic amines) is 1. The average Bonchev–Trinajstić information content (AvgIpc) is 2.95. The molecule has 1 unspecified atom stereocenters. The first-order chi connectivity index (χ1) is 10.2. The molecule has 21 heavy (non-hydrogen) atoms. The van der Waals surface area contributed by atoms with Gasteiger partial charge < -0.3 is 14.6 Å². The van der Waals surface area contributed by atoms with Crippen molar-refractivity contribution in [1.82, 2.24) is 20.4 Å². The second kappa shape index (κ2) is 8.46. The SMILES string of the molecule is CCOC(C)c1noc(CN2CCC(CCNC)CC2)n1. The van der Waals surface area contributed by atoms with Crippen molar-refractivity contribution < 1.29 is 9.26 Å². The summed E-state index contributed by atoms with van der Waals surface area (Å²) in [6, 6.07) is 0. The van der Waals surface area contributed by atoms with Crippen LogP contribution in [0, 0.1) is 5.92 Å². The van der Waals surface area contributed by atoms with Crippen molar-refractivity contribution in [3.8, 4) is 0 Å². The normalized spacial score (nSPS) is 19.0. The molecule has 0 amide bonds. The van der Waals surface area contributed by atoms with Crippen LogP contribution in [0.3, 0.4) is 0 Å². The van der Waals surface area contributed by atoms with Crippen LogP contribution >= 0.6 is 0 Å².